The molecule has 1 atom stereocenters. The van der Waals surface area contributed by atoms with Crippen LogP contribution in [-0.4, -0.2) is 51.3 Å². The summed E-state index contributed by atoms with van der Waals surface area (Å²) in [4.78, 5) is 2.54. The molecule has 1 fully saturated rings. The van der Waals surface area contributed by atoms with Gasteiger partial charge in [-0.25, -0.2) is 0 Å². The standard InChI is InChI=1S/C12H26N2O/c1-4-5-12(2,10-13-3)11-14-6-8-15-9-7-14/h13H,4-11H2,1-3H3. The lowest BCUT2D eigenvalue weighted by Gasteiger charge is -2.37. The molecule has 1 aliphatic rings. The van der Waals surface area contributed by atoms with Crippen LogP contribution in [0, 0.1) is 5.41 Å². The van der Waals surface area contributed by atoms with Crippen molar-refractivity contribution < 1.29 is 4.74 Å². The molecule has 0 radical (unpaired) electrons. The lowest BCUT2D eigenvalue weighted by molar-refractivity contribution is 0.0173. The van der Waals surface area contributed by atoms with Crippen LogP contribution in [0.5, 0.6) is 0 Å². The van der Waals surface area contributed by atoms with Crippen LogP contribution in [0.4, 0.5) is 0 Å². The molecule has 3 nitrogen and oxygen atoms in total. The van der Waals surface area contributed by atoms with Crippen molar-refractivity contribution in [2.75, 3.05) is 46.4 Å². The van der Waals surface area contributed by atoms with E-state index < -0.39 is 0 Å². The maximum atomic E-state index is 5.38. The second-order valence-electron chi connectivity index (χ2n) is 4.98. The minimum Gasteiger partial charge on any atom is -0.379 e. The monoisotopic (exact) mass is 214 g/mol. The molecule has 0 amide bonds. The third-order valence-corrected chi connectivity index (χ3v) is 3.17. The Morgan fingerprint density at radius 2 is 2.00 bits per heavy atom. The maximum Gasteiger partial charge on any atom is 0.0594 e. The molecule has 1 heterocycles. The van der Waals surface area contributed by atoms with Crippen LogP contribution in [0.25, 0.3) is 0 Å². The molecule has 0 spiro atoms. The summed E-state index contributed by atoms with van der Waals surface area (Å²) in [7, 11) is 2.05. The summed E-state index contributed by atoms with van der Waals surface area (Å²) in [5.74, 6) is 0. The summed E-state index contributed by atoms with van der Waals surface area (Å²) < 4.78 is 5.38. The van der Waals surface area contributed by atoms with E-state index in [4.69, 9.17) is 4.74 Å². The normalized spacial score (nSPS) is 22.6. The van der Waals surface area contributed by atoms with Gasteiger partial charge in [0, 0.05) is 26.2 Å². The van der Waals surface area contributed by atoms with E-state index in [0.717, 1.165) is 32.8 Å². The van der Waals surface area contributed by atoms with Gasteiger partial charge in [0.05, 0.1) is 13.2 Å². The second-order valence-corrected chi connectivity index (χ2v) is 4.98. The van der Waals surface area contributed by atoms with Crippen LogP contribution in [-0.2, 0) is 4.74 Å². The quantitative estimate of drug-likeness (QED) is 0.722. The topological polar surface area (TPSA) is 24.5 Å². The first-order chi connectivity index (χ1) is 7.20. The fraction of sp³-hybridized carbons (Fsp3) is 1.00. The summed E-state index contributed by atoms with van der Waals surface area (Å²) in [5.41, 5.74) is 0.417. The molecule has 1 rings (SSSR count). The van der Waals surface area contributed by atoms with Crippen LogP contribution in [0.1, 0.15) is 26.7 Å². The molecule has 90 valence electrons. The highest BCUT2D eigenvalue weighted by Gasteiger charge is 2.26. The first kappa shape index (κ1) is 12.9. The fourth-order valence-corrected chi connectivity index (χ4v) is 2.55. The Kier molecular flexibility index (Phi) is 5.58. The number of nitrogens with zero attached hydrogens (tertiary/aromatic N) is 1. The summed E-state index contributed by atoms with van der Waals surface area (Å²) >= 11 is 0. The number of ether oxygens (including phenoxy) is 1. The van der Waals surface area contributed by atoms with E-state index in [1.54, 1.807) is 0 Å². The molecule has 0 saturated carbocycles. The number of hydrogen-bond acceptors (Lipinski definition) is 3. The third-order valence-electron chi connectivity index (χ3n) is 3.17. The summed E-state index contributed by atoms with van der Waals surface area (Å²) in [6, 6.07) is 0. The molecule has 1 unspecified atom stereocenters. The second kappa shape index (κ2) is 6.46. The molecule has 0 aliphatic carbocycles. The Morgan fingerprint density at radius 3 is 2.53 bits per heavy atom. The molecule has 1 saturated heterocycles. The van der Waals surface area contributed by atoms with Crippen LogP contribution in [0.2, 0.25) is 0 Å². The molecule has 0 aromatic rings. The average molecular weight is 214 g/mol. The summed E-state index contributed by atoms with van der Waals surface area (Å²) in [5, 5.41) is 3.32. The molecule has 3 heteroatoms. The summed E-state index contributed by atoms with van der Waals surface area (Å²) in [6.07, 6.45) is 2.56. The van der Waals surface area contributed by atoms with Crippen LogP contribution >= 0.6 is 0 Å². The fourth-order valence-electron chi connectivity index (χ4n) is 2.55. The number of hydrogen-bond donors (Lipinski definition) is 1. The number of rotatable bonds is 6. The van der Waals surface area contributed by atoms with Gasteiger partial charge in [-0.05, 0) is 18.9 Å². The minimum atomic E-state index is 0.417. The Balaban J connectivity index is 2.40. The van der Waals surface area contributed by atoms with Crippen molar-refractivity contribution in [1.82, 2.24) is 10.2 Å². The highest BCUT2D eigenvalue weighted by atomic mass is 16.5. The van der Waals surface area contributed by atoms with E-state index in [2.05, 4.69) is 24.1 Å². The van der Waals surface area contributed by atoms with E-state index in [9.17, 15) is 0 Å². The molecule has 0 aromatic heterocycles. The van der Waals surface area contributed by atoms with Crippen molar-refractivity contribution in [1.29, 1.82) is 0 Å². The molecule has 1 aliphatic heterocycles. The van der Waals surface area contributed by atoms with Gasteiger partial charge in [-0.15, -0.1) is 0 Å². The van der Waals surface area contributed by atoms with Crippen molar-refractivity contribution in [3.63, 3.8) is 0 Å². The molecule has 0 aromatic carbocycles. The summed E-state index contributed by atoms with van der Waals surface area (Å²) in [6.45, 7) is 11.0. The van der Waals surface area contributed by atoms with Crippen molar-refractivity contribution >= 4 is 0 Å². The van der Waals surface area contributed by atoms with E-state index in [-0.39, 0.29) is 0 Å². The minimum absolute atomic E-state index is 0.417. The Hall–Kier alpha value is -0.120. The Bertz CT molecular complexity index is 161. The van der Waals surface area contributed by atoms with Crippen molar-refractivity contribution in [3.05, 3.63) is 0 Å². The van der Waals surface area contributed by atoms with Gasteiger partial charge in [-0.1, -0.05) is 20.3 Å². The zero-order chi connectivity index (χ0) is 11.1. The van der Waals surface area contributed by atoms with Gasteiger partial charge in [0.2, 0.25) is 0 Å². The number of nitrogens with one attached hydrogen (secondary N) is 1. The van der Waals surface area contributed by atoms with Crippen molar-refractivity contribution in [2.45, 2.75) is 26.7 Å². The average Bonchev–Trinajstić information content (AvgIpc) is 2.19. The lowest BCUT2D eigenvalue weighted by Crippen LogP contribution is -2.46. The SMILES string of the molecule is CCCC(C)(CNC)CN1CCOCC1. The van der Waals surface area contributed by atoms with Gasteiger partial charge < -0.3 is 10.1 Å². The number of morpholine rings is 1. The van der Waals surface area contributed by atoms with Crippen molar-refractivity contribution in [3.8, 4) is 0 Å². The van der Waals surface area contributed by atoms with Gasteiger partial charge in [-0.2, -0.15) is 0 Å². The molecule has 15 heavy (non-hydrogen) atoms. The van der Waals surface area contributed by atoms with E-state index in [1.807, 2.05) is 7.05 Å². The Morgan fingerprint density at radius 1 is 1.33 bits per heavy atom. The van der Waals surface area contributed by atoms with Crippen LogP contribution < -0.4 is 5.32 Å². The Labute approximate surface area is 94.2 Å². The molecule has 1 N–H and O–H groups in total. The van der Waals surface area contributed by atoms with E-state index in [1.165, 1.54) is 19.4 Å². The highest BCUT2D eigenvalue weighted by molar-refractivity contribution is 4.80. The third kappa shape index (κ3) is 4.49. The first-order valence-corrected chi connectivity index (χ1v) is 6.15. The maximum absolute atomic E-state index is 5.38. The zero-order valence-corrected chi connectivity index (χ0v) is 10.5. The van der Waals surface area contributed by atoms with Crippen LogP contribution in [0.3, 0.4) is 0 Å². The predicted molar refractivity (Wildman–Crippen MR) is 64.2 cm³/mol. The highest BCUT2D eigenvalue weighted by Crippen LogP contribution is 2.24. The van der Waals surface area contributed by atoms with Crippen molar-refractivity contribution in [2.24, 2.45) is 5.41 Å². The predicted octanol–water partition coefficient (Wildman–Crippen LogP) is 1.34. The lowest BCUT2D eigenvalue weighted by atomic mass is 9.84. The molecular weight excluding hydrogens is 188 g/mol. The van der Waals surface area contributed by atoms with Gasteiger partial charge in [0.1, 0.15) is 0 Å². The zero-order valence-electron chi connectivity index (χ0n) is 10.5. The van der Waals surface area contributed by atoms with E-state index in [0.29, 0.717) is 5.41 Å². The molecule has 0 bridgehead atoms. The van der Waals surface area contributed by atoms with Gasteiger partial charge in [0.15, 0.2) is 0 Å². The molecular formula is C12H26N2O. The van der Waals surface area contributed by atoms with Crippen LogP contribution in [0.15, 0.2) is 0 Å². The smallest absolute Gasteiger partial charge is 0.0594 e. The largest absolute Gasteiger partial charge is 0.379 e. The van der Waals surface area contributed by atoms with Gasteiger partial charge >= 0.3 is 0 Å². The first-order valence-electron chi connectivity index (χ1n) is 6.15. The van der Waals surface area contributed by atoms with E-state index >= 15 is 0 Å². The van der Waals surface area contributed by atoms with Gasteiger partial charge in [-0.3, -0.25) is 4.90 Å². The van der Waals surface area contributed by atoms with Gasteiger partial charge in [0.25, 0.3) is 0 Å².